The smallest absolute Gasteiger partial charge is 0.316 e. The zero-order chi connectivity index (χ0) is 30.1. The molecule has 7 nitrogen and oxygen atoms in total. The first-order chi connectivity index (χ1) is 18.0. The summed E-state index contributed by atoms with van der Waals surface area (Å²) in [6.45, 7) is 21.0. The summed E-state index contributed by atoms with van der Waals surface area (Å²) in [6, 6.07) is -0.0168. The zero-order valence-electron chi connectivity index (χ0n) is 25.0. The highest BCUT2D eigenvalue weighted by Crippen LogP contribution is 2.22. The molecular formula is C29H51Cl2N5O2. The van der Waals surface area contributed by atoms with E-state index in [0.717, 1.165) is 43.7 Å². The van der Waals surface area contributed by atoms with E-state index in [1.807, 2.05) is 32.2 Å². The van der Waals surface area contributed by atoms with Crippen LogP contribution in [0.4, 0.5) is 4.79 Å². The highest BCUT2D eigenvalue weighted by atomic mass is 35.5. The van der Waals surface area contributed by atoms with Crippen molar-refractivity contribution in [3.8, 4) is 0 Å². The molecule has 0 aliphatic heterocycles. The number of allylic oxidation sites excluding steroid dienone is 7. The van der Waals surface area contributed by atoms with Gasteiger partial charge in [-0.25, -0.2) is 4.79 Å². The second-order valence-corrected chi connectivity index (χ2v) is 8.94. The van der Waals surface area contributed by atoms with Crippen LogP contribution in [0.3, 0.4) is 0 Å². The Morgan fingerprint density at radius 1 is 1.03 bits per heavy atom. The average Bonchev–Trinajstić information content (AvgIpc) is 2.90. The molecule has 0 saturated carbocycles. The van der Waals surface area contributed by atoms with E-state index < -0.39 is 0 Å². The molecule has 0 spiro atoms. The Labute approximate surface area is 242 Å². The zero-order valence-corrected chi connectivity index (χ0v) is 26.5. The second-order valence-electron chi connectivity index (χ2n) is 8.23. The molecule has 0 saturated heterocycles. The van der Waals surface area contributed by atoms with E-state index in [9.17, 15) is 4.79 Å². The molecule has 2 amide bonds. The fraction of sp³-hybridized carbons (Fsp3) is 0.517. The van der Waals surface area contributed by atoms with Crippen molar-refractivity contribution in [3.63, 3.8) is 0 Å². The summed E-state index contributed by atoms with van der Waals surface area (Å²) >= 11 is 12.4. The largest absolute Gasteiger partial charge is 0.400 e. The SMILES string of the molecule is C=C/C=C(C(=N/CN(C)CC)/N(CC)/C(C=C)=C/C=C(C)C)\C(Cl)=C/CCl.CCCNC(=O)N(C)C.CO. The van der Waals surface area contributed by atoms with Crippen LogP contribution in [0.1, 0.15) is 41.0 Å². The van der Waals surface area contributed by atoms with Gasteiger partial charge in [0.15, 0.2) is 0 Å². The molecule has 0 aromatic rings. The molecule has 0 fully saturated rings. The van der Waals surface area contributed by atoms with Crippen LogP contribution in [0.2, 0.25) is 0 Å². The predicted octanol–water partition coefficient (Wildman–Crippen LogP) is 6.40. The number of amidine groups is 1. The molecule has 38 heavy (non-hydrogen) atoms. The monoisotopic (exact) mass is 571 g/mol. The van der Waals surface area contributed by atoms with Gasteiger partial charge in [-0.3, -0.25) is 9.89 Å². The molecule has 0 aliphatic carbocycles. The molecule has 2 N–H and O–H groups in total. The Kier molecular flexibility index (Phi) is 27.8. The Bertz CT molecular complexity index is 827. The number of aliphatic hydroxyl groups is 1. The van der Waals surface area contributed by atoms with Gasteiger partial charge < -0.3 is 20.2 Å². The van der Waals surface area contributed by atoms with Crippen LogP contribution in [-0.2, 0) is 0 Å². The van der Waals surface area contributed by atoms with E-state index in [1.165, 1.54) is 10.5 Å². The van der Waals surface area contributed by atoms with E-state index in [1.54, 1.807) is 26.2 Å². The van der Waals surface area contributed by atoms with Gasteiger partial charge in [-0.1, -0.05) is 68.5 Å². The van der Waals surface area contributed by atoms with Crippen molar-refractivity contribution in [2.45, 2.75) is 41.0 Å². The third-order valence-corrected chi connectivity index (χ3v) is 5.17. The maximum atomic E-state index is 10.7. The lowest BCUT2D eigenvalue weighted by molar-refractivity contribution is 0.217. The van der Waals surface area contributed by atoms with Crippen LogP contribution in [0, 0.1) is 0 Å². The van der Waals surface area contributed by atoms with E-state index >= 15 is 0 Å². The summed E-state index contributed by atoms with van der Waals surface area (Å²) in [5.41, 5.74) is 2.93. The molecule has 0 aromatic carbocycles. The number of rotatable bonds is 13. The predicted molar refractivity (Wildman–Crippen MR) is 169 cm³/mol. The van der Waals surface area contributed by atoms with Gasteiger partial charge in [0, 0.05) is 56.5 Å². The van der Waals surface area contributed by atoms with Gasteiger partial charge in [0.05, 0.1) is 6.67 Å². The number of carbonyl (C=O) groups is 1. The van der Waals surface area contributed by atoms with Gasteiger partial charge >= 0.3 is 6.03 Å². The third kappa shape index (κ3) is 18.9. The van der Waals surface area contributed by atoms with Crippen LogP contribution < -0.4 is 5.32 Å². The van der Waals surface area contributed by atoms with Crippen molar-refractivity contribution in [2.24, 2.45) is 4.99 Å². The molecule has 0 atom stereocenters. The fourth-order valence-corrected chi connectivity index (χ4v) is 2.98. The molecular weight excluding hydrogens is 521 g/mol. The molecule has 0 aromatic heterocycles. The Balaban J connectivity index is -0.000000934. The lowest BCUT2D eigenvalue weighted by atomic mass is 10.1. The van der Waals surface area contributed by atoms with Crippen LogP contribution in [0.15, 0.2) is 76.5 Å². The molecule has 218 valence electrons. The number of carbonyl (C=O) groups excluding carboxylic acids is 1. The van der Waals surface area contributed by atoms with Gasteiger partial charge in [0.1, 0.15) is 5.84 Å². The van der Waals surface area contributed by atoms with E-state index in [4.69, 9.17) is 33.3 Å². The summed E-state index contributed by atoms with van der Waals surface area (Å²) in [6.07, 6.45) is 12.2. The third-order valence-electron chi connectivity index (χ3n) is 4.65. The Hall–Kier alpha value is -2.32. The lowest BCUT2D eigenvalue weighted by Gasteiger charge is -2.28. The average molecular weight is 573 g/mol. The quantitative estimate of drug-likeness (QED) is 0.116. The maximum Gasteiger partial charge on any atom is 0.316 e. The summed E-state index contributed by atoms with van der Waals surface area (Å²) in [7, 11) is 6.48. The first kappa shape index (κ1) is 40.2. The van der Waals surface area contributed by atoms with Gasteiger partial charge in [0.25, 0.3) is 0 Å². The minimum Gasteiger partial charge on any atom is -0.400 e. The number of nitrogens with zero attached hydrogens (tertiary/aromatic N) is 4. The fourth-order valence-electron chi connectivity index (χ4n) is 2.53. The number of hydrogen-bond acceptors (Lipinski definition) is 4. The van der Waals surface area contributed by atoms with Crippen molar-refractivity contribution in [3.05, 3.63) is 71.5 Å². The first-order valence-electron chi connectivity index (χ1n) is 12.7. The number of aliphatic imine (C=N–C) groups is 1. The molecule has 0 radical (unpaired) electrons. The van der Waals surface area contributed by atoms with E-state index in [-0.39, 0.29) is 6.03 Å². The Morgan fingerprint density at radius 3 is 2.03 bits per heavy atom. The molecule has 9 heteroatoms. The summed E-state index contributed by atoms with van der Waals surface area (Å²) in [5.74, 6) is 1.08. The van der Waals surface area contributed by atoms with Crippen molar-refractivity contribution < 1.29 is 9.90 Å². The number of halogens is 2. The number of urea groups is 1. The van der Waals surface area contributed by atoms with Crippen LogP contribution >= 0.6 is 23.2 Å². The van der Waals surface area contributed by atoms with Crippen molar-refractivity contribution in [1.29, 1.82) is 0 Å². The highest BCUT2D eigenvalue weighted by molar-refractivity contribution is 6.36. The molecule has 0 aliphatic rings. The topological polar surface area (TPSA) is 71.4 Å². The van der Waals surface area contributed by atoms with E-state index in [0.29, 0.717) is 24.1 Å². The standard InChI is InChI=1S/C22H33Cl2N3.C6H14N2O.CH4O/c1-8-12-20(21(24)15-16-23)22(25-17-26(7)10-3)27(11-4)19(9-2)14-13-18(5)6;1-4-5-7-6(9)8(2)3;1-2/h8-9,12-15H,1-2,10-11,16-17H2,3-7H3;4-5H2,1-3H3,(H,7,9);2H,1H3/b19-14+,20-12+,21-15+,25-22-;;. The minimum atomic E-state index is -0.0168. The normalized spacial score (nSPS) is 11.9. The number of hydrogen-bond donors (Lipinski definition) is 2. The van der Waals surface area contributed by atoms with Crippen LogP contribution in [0.25, 0.3) is 0 Å². The Morgan fingerprint density at radius 2 is 1.63 bits per heavy atom. The summed E-state index contributed by atoms with van der Waals surface area (Å²) in [4.78, 5) is 21.3. The van der Waals surface area contributed by atoms with Gasteiger partial charge in [0.2, 0.25) is 0 Å². The number of likely N-dealkylation sites (N-methyl/N-ethyl adjacent to an activating group) is 1. The van der Waals surface area contributed by atoms with Crippen LogP contribution in [0.5, 0.6) is 0 Å². The molecule has 0 rings (SSSR count). The van der Waals surface area contributed by atoms with Gasteiger partial charge in [-0.2, -0.15) is 0 Å². The number of aliphatic hydroxyl groups excluding tert-OH is 1. The molecule has 0 bridgehead atoms. The number of alkyl halides is 1. The number of amides is 2. The maximum absolute atomic E-state index is 10.7. The van der Waals surface area contributed by atoms with Crippen molar-refractivity contribution >= 4 is 35.1 Å². The summed E-state index contributed by atoms with van der Waals surface area (Å²) in [5, 5.41) is 10.3. The van der Waals surface area contributed by atoms with Crippen LogP contribution in [-0.4, -0.2) is 92.1 Å². The second kappa shape index (κ2) is 26.3. The first-order valence-corrected chi connectivity index (χ1v) is 13.6. The molecule has 0 heterocycles. The molecule has 0 unspecified atom stereocenters. The highest BCUT2D eigenvalue weighted by Gasteiger charge is 2.19. The summed E-state index contributed by atoms with van der Waals surface area (Å²) < 4.78 is 0. The lowest BCUT2D eigenvalue weighted by Crippen LogP contribution is -2.34. The van der Waals surface area contributed by atoms with Crippen molar-refractivity contribution in [2.75, 3.05) is 60.4 Å². The van der Waals surface area contributed by atoms with Gasteiger partial charge in [-0.15, -0.1) is 11.6 Å². The number of nitrogens with one attached hydrogen (secondary N) is 1. The van der Waals surface area contributed by atoms with Crippen molar-refractivity contribution in [1.82, 2.24) is 20.0 Å². The van der Waals surface area contributed by atoms with Gasteiger partial charge in [-0.05, 0) is 52.9 Å². The van der Waals surface area contributed by atoms with E-state index in [2.05, 4.69) is 62.0 Å². The minimum absolute atomic E-state index is 0.0168.